The zero-order valence-electron chi connectivity index (χ0n) is 14.0. The smallest absolute Gasteiger partial charge is 0.250 e. The molecule has 0 radical (unpaired) electrons. The predicted octanol–water partition coefficient (Wildman–Crippen LogP) is 3.55. The number of rotatable bonds is 6. The molecule has 0 aliphatic rings. The number of hydrogen-bond donors (Lipinski definition) is 1. The maximum absolute atomic E-state index is 9.93. The third-order valence-corrected chi connectivity index (χ3v) is 3.61. The molecule has 6 nitrogen and oxygen atoms in total. The first kappa shape index (κ1) is 16.6. The molecule has 0 atom stereocenters. The average molecular weight is 338 g/mol. The van der Waals surface area contributed by atoms with Crippen molar-refractivity contribution in [3.05, 3.63) is 65.3 Å². The molecule has 128 valence electrons. The van der Waals surface area contributed by atoms with Crippen molar-refractivity contribution in [1.82, 2.24) is 10.1 Å². The van der Waals surface area contributed by atoms with Gasteiger partial charge in [-0.1, -0.05) is 35.5 Å². The van der Waals surface area contributed by atoms with Crippen LogP contribution in [0, 0.1) is 0 Å². The zero-order valence-corrected chi connectivity index (χ0v) is 14.0. The highest BCUT2D eigenvalue weighted by molar-refractivity contribution is 5.70. The molecular weight excluding hydrogens is 320 g/mol. The van der Waals surface area contributed by atoms with Gasteiger partial charge in [-0.3, -0.25) is 0 Å². The van der Waals surface area contributed by atoms with Crippen molar-refractivity contribution < 1.29 is 19.1 Å². The van der Waals surface area contributed by atoms with Crippen LogP contribution >= 0.6 is 0 Å². The lowest BCUT2D eigenvalue weighted by Crippen LogP contribution is -1.90. The third kappa shape index (κ3) is 3.98. The van der Waals surface area contributed by atoms with Crippen LogP contribution in [0.1, 0.15) is 22.8 Å². The molecule has 0 unspecified atom stereocenters. The quantitative estimate of drug-likeness (QED) is 0.740. The minimum atomic E-state index is -0.0370. The lowest BCUT2D eigenvalue weighted by Gasteiger charge is -2.09. The maximum atomic E-state index is 9.93. The minimum Gasteiger partial charge on any atom is -0.502 e. The molecular formula is C19H18N2O4. The van der Waals surface area contributed by atoms with Crippen molar-refractivity contribution in [2.75, 3.05) is 14.2 Å². The van der Waals surface area contributed by atoms with Crippen LogP contribution in [0.3, 0.4) is 0 Å². The second kappa shape index (κ2) is 7.53. The van der Waals surface area contributed by atoms with E-state index in [0.717, 1.165) is 11.1 Å². The number of nitrogens with zero attached hydrogens (tertiary/aromatic N) is 2. The summed E-state index contributed by atoms with van der Waals surface area (Å²) in [6.45, 7) is 0. The average Bonchev–Trinajstić information content (AvgIpc) is 3.09. The molecule has 1 heterocycles. The summed E-state index contributed by atoms with van der Waals surface area (Å²) in [5.74, 6) is 1.64. The van der Waals surface area contributed by atoms with Crippen LogP contribution in [0.2, 0.25) is 0 Å². The van der Waals surface area contributed by atoms with Gasteiger partial charge in [0.15, 0.2) is 17.3 Å². The molecule has 0 aliphatic heterocycles. The Bertz CT molecular complexity index is 847. The van der Waals surface area contributed by atoms with E-state index in [4.69, 9.17) is 14.0 Å². The van der Waals surface area contributed by atoms with Gasteiger partial charge in [-0.25, -0.2) is 0 Å². The van der Waals surface area contributed by atoms with Gasteiger partial charge >= 0.3 is 0 Å². The first-order valence-corrected chi connectivity index (χ1v) is 7.69. The fourth-order valence-electron chi connectivity index (χ4n) is 2.36. The molecule has 0 amide bonds. The predicted molar refractivity (Wildman–Crippen MR) is 93.7 cm³/mol. The summed E-state index contributed by atoms with van der Waals surface area (Å²) in [4.78, 5) is 4.35. The molecule has 0 saturated carbocycles. The van der Waals surface area contributed by atoms with Crippen molar-refractivity contribution in [2.45, 2.75) is 6.42 Å². The van der Waals surface area contributed by atoms with Gasteiger partial charge in [0.1, 0.15) is 0 Å². The third-order valence-electron chi connectivity index (χ3n) is 3.61. The molecule has 0 fully saturated rings. The molecule has 2 aromatic carbocycles. The van der Waals surface area contributed by atoms with Crippen LogP contribution in [0.25, 0.3) is 12.2 Å². The van der Waals surface area contributed by atoms with Crippen molar-refractivity contribution in [2.24, 2.45) is 0 Å². The van der Waals surface area contributed by atoms with Crippen LogP contribution < -0.4 is 9.47 Å². The SMILES string of the molecule is COc1cc(C=Cc2nc(Cc3ccccc3)no2)cc(OC)c1O. The normalized spacial score (nSPS) is 11.0. The number of aromatic nitrogens is 2. The van der Waals surface area contributed by atoms with E-state index >= 15 is 0 Å². The van der Waals surface area contributed by atoms with Crippen molar-refractivity contribution in [3.8, 4) is 17.2 Å². The highest BCUT2D eigenvalue weighted by Crippen LogP contribution is 2.37. The highest BCUT2D eigenvalue weighted by Gasteiger charge is 2.10. The molecule has 3 rings (SSSR count). The second-order valence-corrected chi connectivity index (χ2v) is 5.32. The van der Waals surface area contributed by atoms with Crippen molar-refractivity contribution in [1.29, 1.82) is 0 Å². The van der Waals surface area contributed by atoms with Crippen LogP contribution in [0.15, 0.2) is 47.0 Å². The largest absolute Gasteiger partial charge is 0.502 e. The zero-order chi connectivity index (χ0) is 17.6. The van der Waals surface area contributed by atoms with Gasteiger partial charge in [0, 0.05) is 12.5 Å². The van der Waals surface area contributed by atoms with Gasteiger partial charge in [-0.2, -0.15) is 4.98 Å². The first-order chi connectivity index (χ1) is 12.2. The summed E-state index contributed by atoms with van der Waals surface area (Å²) in [5.41, 5.74) is 1.89. The number of phenolic OH excluding ortho intramolecular Hbond substituents is 1. The number of phenols is 1. The van der Waals surface area contributed by atoms with Gasteiger partial charge in [-0.05, 0) is 29.3 Å². The summed E-state index contributed by atoms with van der Waals surface area (Å²) >= 11 is 0. The second-order valence-electron chi connectivity index (χ2n) is 5.32. The molecule has 1 aromatic heterocycles. The monoisotopic (exact) mass is 338 g/mol. The molecule has 3 aromatic rings. The fraction of sp³-hybridized carbons (Fsp3) is 0.158. The number of hydrogen-bond acceptors (Lipinski definition) is 6. The van der Waals surface area contributed by atoms with Gasteiger partial charge in [0.2, 0.25) is 5.75 Å². The summed E-state index contributed by atoms with van der Waals surface area (Å²) < 4.78 is 15.5. The number of methoxy groups -OCH3 is 2. The summed E-state index contributed by atoms with van der Waals surface area (Å²) in [6, 6.07) is 13.3. The Balaban J connectivity index is 1.76. The lowest BCUT2D eigenvalue weighted by atomic mass is 10.1. The van der Waals surface area contributed by atoms with Crippen molar-refractivity contribution in [3.63, 3.8) is 0 Å². The van der Waals surface area contributed by atoms with E-state index in [1.54, 1.807) is 24.3 Å². The molecule has 25 heavy (non-hydrogen) atoms. The first-order valence-electron chi connectivity index (χ1n) is 7.69. The molecule has 0 bridgehead atoms. The number of benzene rings is 2. The van der Waals surface area contributed by atoms with Crippen LogP contribution in [-0.2, 0) is 6.42 Å². The Hall–Kier alpha value is -3.28. The summed E-state index contributed by atoms with van der Waals surface area (Å²) in [7, 11) is 2.96. The van der Waals surface area contributed by atoms with E-state index < -0.39 is 0 Å². The number of ether oxygens (including phenoxy) is 2. The standard InChI is InChI=1S/C19H18N2O4/c1-23-15-10-14(11-16(24-2)19(15)22)8-9-18-20-17(21-25-18)12-13-6-4-3-5-7-13/h3-11,22H,12H2,1-2H3. The van der Waals surface area contributed by atoms with Crippen LogP contribution in [0.4, 0.5) is 0 Å². The van der Waals surface area contributed by atoms with Gasteiger partial charge < -0.3 is 19.1 Å². The maximum Gasteiger partial charge on any atom is 0.250 e. The van der Waals surface area contributed by atoms with E-state index in [9.17, 15) is 5.11 Å². The van der Waals surface area contributed by atoms with Crippen LogP contribution in [-0.4, -0.2) is 29.5 Å². The number of aromatic hydroxyl groups is 1. The van der Waals surface area contributed by atoms with Gasteiger partial charge in [0.05, 0.1) is 14.2 Å². The Labute approximate surface area is 145 Å². The lowest BCUT2D eigenvalue weighted by molar-refractivity contribution is 0.340. The summed E-state index contributed by atoms with van der Waals surface area (Å²) in [5, 5.41) is 13.9. The van der Waals surface area contributed by atoms with E-state index in [1.165, 1.54) is 14.2 Å². The van der Waals surface area contributed by atoms with E-state index in [2.05, 4.69) is 10.1 Å². The fourth-order valence-corrected chi connectivity index (χ4v) is 2.36. The van der Waals surface area contributed by atoms with E-state index in [0.29, 0.717) is 29.6 Å². The van der Waals surface area contributed by atoms with Crippen molar-refractivity contribution >= 4 is 12.2 Å². The Morgan fingerprint density at radius 3 is 2.36 bits per heavy atom. The van der Waals surface area contributed by atoms with Crippen LogP contribution in [0.5, 0.6) is 17.2 Å². The molecule has 0 spiro atoms. The van der Waals surface area contributed by atoms with Gasteiger partial charge in [-0.15, -0.1) is 0 Å². The Morgan fingerprint density at radius 2 is 1.72 bits per heavy atom. The topological polar surface area (TPSA) is 77.6 Å². The molecule has 0 aliphatic carbocycles. The summed E-state index contributed by atoms with van der Waals surface area (Å²) in [6.07, 6.45) is 4.09. The van der Waals surface area contributed by atoms with Gasteiger partial charge in [0.25, 0.3) is 5.89 Å². The van der Waals surface area contributed by atoms with E-state index in [-0.39, 0.29) is 5.75 Å². The highest BCUT2D eigenvalue weighted by atomic mass is 16.5. The molecule has 6 heteroatoms. The Morgan fingerprint density at radius 1 is 1.04 bits per heavy atom. The minimum absolute atomic E-state index is 0.0370. The van der Waals surface area contributed by atoms with E-state index in [1.807, 2.05) is 30.3 Å². The Kier molecular flexibility index (Phi) is 4.99. The molecule has 0 saturated heterocycles. The molecule has 1 N–H and O–H groups in total.